The van der Waals surface area contributed by atoms with Crippen LogP contribution < -0.4 is 4.74 Å². The van der Waals surface area contributed by atoms with Gasteiger partial charge in [-0.05, 0) is 99.2 Å². The maximum atomic E-state index is 13.3. The predicted molar refractivity (Wildman–Crippen MR) is 145 cm³/mol. The number of ether oxygens (including phenoxy) is 2. The maximum absolute atomic E-state index is 13.3. The first-order valence-electron chi connectivity index (χ1n) is 12.5. The molecule has 3 aromatic carbocycles. The molecular weight excluding hydrogens is 506 g/mol. The van der Waals surface area contributed by atoms with Crippen molar-refractivity contribution < 1.29 is 29.3 Å². The van der Waals surface area contributed by atoms with Gasteiger partial charge in [0.15, 0.2) is 0 Å². The summed E-state index contributed by atoms with van der Waals surface area (Å²) in [7, 11) is 0. The number of carbonyl (C=O) groups excluding carboxylic acids is 1. The lowest BCUT2D eigenvalue weighted by molar-refractivity contribution is 0.00194. The van der Waals surface area contributed by atoms with E-state index in [0.717, 1.165) is 24.0 Å². The highest BCUT2D eigenvalue weighted by molar-refractivity contribution is 6.30. The molecule has 0 saturated carbocycles. The van der Waals surface area contributed by atoms with Crippen LogP contribution in [0, 0.1) is 0 Å². The maximum Gasteiger partial charge on any atom is 0.410 e. The van der Waals surface area contributed by atoms with E-state index in [1.54, 1.807) is 41.3 Å². The van der Waals surface area contributed by atoms with Crippen LogP contribution in [0.1, 0.15) is 60.3 Å². The number of benzene rings is 3. The van der Waals surface area contributed by atoms with Crippen molar-refractivity contribution in [3.05, 3.63) is 94.0 Å². The molecule has 0 heterocycles. The Morgan fingerprint density at radius 3 is 2.42 bits per heavy atom. The summed E-state index contributed by atoms with van der Waals surface area (Å²) in [4.78, 5) is 26.2. The fourth-order valence-corrected chi connectivity index (χ4v) is 4.67. The van der Waals surface area contributed by atoms with E-state index in [2.05, 4.69) is 0 Å². The van der Waals surface area contributed by atoms with E-state index < -0.39 is 23.8 Å². The van der Waals surface area contributed by atoms with E-state index in [1.807, 2.05) is 39.0 Å². The summed E-state index contributed by atoms with van der Waals surface area (Å²) >= 11 is 6.00. The number of aliphatic hydroxyl groups excluding tert-OH is 1. The molecular formula is C30H32ClNO6. The fraction of sp³-hybridized carbons (Fsp3) is 0.333. The summed E-state index contributed by atoms with van der Waals surface area (Å²) in [5.74, 6) is -0.0117. The van der Waals surface area contributed by atoms with Crippen LogP contribution in [-0.4, -0.2) is 45.4 Å². The number of aryl methyl sites for hydroxylation is 1. The van der Waals surface area contributed by atoms with Gasteiger partial charge in [0.25, 0.3) is 0 Å². The van der Waals surface area contributed by atoms with Crippen molar-refractivity contribution in [2.24, 2.45) is 0 Å². The van der Waals surface area contributed by atoms with Gasteiger partial charge in [-0.25, -0.2) is 9.59 Å². The fourth-order valence-electron chi connectivity index (χ4n) is 4.54. The molecule has 4 rings (SSSR count). The van der Waals surface area contributed by atoms with Crippen LogP contribution in [-0.2, 0) is 17.6 Å². The number of halogens is 1. The van der Waals surface area contributed by atoms with Crippen LogP contribution in [0.15, 0.2) is 66.7 Å². The number of rotatable bonds is 7. The highest BCUT2D eigenvalue weighted by Crippen LogP contribution is 2.32. The van der Waals surface area contributed by atoms with Gasteiger partial charge in [0.05, 0.1) is 18.2 Å². The minimum absolute atomic E-state index is 0.0781. The molecule has 0 spiro atoms. The van der Waals surface area contributed by atoms with Crippen molar-refractivity contribution in [1.29, 1.82) is 0 Å². The van der Waals surface area contributed by atoms with Crippen molar-refractivity contribution in [3.63, 3.8) is 0 Å². The van der Waals surface area contributed by atoms with Crippen LogP contribution in [0.5, 0.6) is 11.5 Å². The third kappa shape index (κ3) is 7.05. The van der Waals surface area contributed by atoms with E-state index >= 15 is 0 Å². The summed E-state index contributed by atoms with van der Waals surface area (Å²) in [6.45, 7) is 5.53. The number of carboxylic acids is 1. The lowest BCUT2D eigenvalue weighted by atomic mass is 9.87. The number of amides is 1. The van der Waals surface area contributed by atoms with Crippen molar-refractivity contribution in [1.82, 2.24) is 4.90 Å². The first kappa shape index (κ1) is 27.5. The zero-order chi connectivity index (χ0) is 27.4. The van der Waals surface area contributed by atoms with E-state index in [0.29, 0.717) is 28.5 Å². The Hall–Kier alpha value is -3.55. The van der Waals surface area contributed by atoms with Gasteiger partial charge in [0.2, 0.25) is 0 Å². The number of aliphatic hydroxyl groups is 1. The molecule has 1 aliphatic rings. The second kappa shape index (κ2) is 11.5. The molecule has 38 heavy (non-hydrogen) atoms. The quantitative estimate of drug-likeness (QED) is 0.350. The number of carbonyl (C=O) groups is 2. The molecule has 2 N–H and O–H groups in total. The molecule has 0 aliphatic heterocycles. The van der Waals surface area contributed by atoms with Crippen molar-refractivity contribution >= 4 is 23.7 Å². The Bertz CT molecular complexity index is 1300. The van der Waals surface area contributed by atoms with Gasteiger partial charge in [-0.2, -0.15) is 0 Å². The normalized spacial score (nSPS) is 15.8. The average molecular weight is 538 g/mol. The van der Waals surface area contributed by atoms with Gasteiger partial charge in [0.1, 0.15) is 17.1 Å². The highest BCUT2D eigenvalue weighted by Gasteiger charge is 2.33. The Morgan fingerprint density at radius 2 is 1.74 bits per heavy atom. The third-order valence-electron chi connectivity index (χ3n) is 6.39. The second-order valence-corrected chi connectivity index (χ2v) is 10.9. The molecule has 1 amide bonds. The highest BCUT2D eigenvalue weighted by atomic mass is 35.5. The average Bonchev–Trinajstić information content (AvgIpc) is 2.86. The topological polar surface area (TPSA) is 96.3 Å². The summed E-state index contributed by atoms with van der Waals surface area (Å²) in [6, 6.07) is 18.9. The number of nitrogens with zero attached hydrogens (tertiary/aromatic N) is 1. The Labute approximate surface area is 227 Å². The third-order valence-corrected chi connectivity index (χ3v) is 6.64. The molecule has 200 valence electrons. The number of hydrogen-bond donors (Lipinski definition) is 2. The first-order chi connectivity index (χ1) is 18.0. The minimum Gasteiger partial charge on any atom is -0.478 e. The Balaban J connectivity index is 1.55. The first-order valence-corrected chi connectivity index (χ1v) is 12.9. The standard InChI is InChI=1S/C30H32ClNO6/c1-30(2,3)38-29(36)32(18-27(33)20-7-11-23(31)12-8-20)24-13-9-19-10-14-26(17-22(19)15-24)37-25-6-4-5-21(16-25)28(34)35/h4-8,10-12,14,16-17,24,27,33H,9,13,15,18H2,1-3H3,(H,34,35)/t24-,27-/m0/s1. The second-order valence-electron chi connectivity index (χ2n) is 10.5. The van der Waals surface area contributed by atoms with E-state index in [9.17, 15) is 19.8 Å². The van der Waals surface area contributed by atoms with Gasteiger partial charge >= 0.3 is 12.1 Å². The SMILES string of the molecule is CC(C)(C)OC(=O)N(C[C@H](O)c1ccc(Cl)cc1)[C@H]1CCc2ccc(Oc3cccc(C(=O)O)c3)cc2C1. The largest absolute Gasteiger partial charge is 0.478 e. The zero-order valence-corrected chi connectivity index (χ0v) is 22.4. The number of carboxylic acid groups (broad SMARTS) is 1. The van der Waals surface area contributed by atoms with Crippen molar-refractivity contribution in [2.45, 2.75) is 57.8 Å². The van der Waals surface area contributed by atoms with Gasteiger partial charge in [-0.3, -0.25) is 0 Å². The van der Waals surface area contributed by atoms with Crippen LogP contribution in [0.2, 0.25) is 5.02 Å². The van der Waals surface area contributed by atoms with Crippen LogP contribution >= 0.6 is 11.6 Å². The molecule has 0 bridgehead atoms. The molecule has 0 radical (unpaired) electrons. The zero-order valence-electron chi connectivity index (χ0n) is 21.7. The van der Waals surface area contributed by atoms with Crippen LogP contribution in [0.4, 0.5) is 4.79 Å². The monoisotopic (exact) mass is 537 g/mol. The molecule has 8 heteroatoms. The minimum atomic E-state index is -1.02. The van der Waals surface area contributed by atoms with Gasteiger partial charge in [-0.1, -0.05) is 35.9 Å². The summed E-state index contributed by atoms with van der Waals surface area (Å²) in [5.41, 5.74) is 2.32. The number of fused-ring (bicyclic) bond motifs is 1. The smallest absolute Gasteiger partial charge is 0.410 e. The number of hydrogen-bond acceptors (Lipinski definition) is 5. The number of aromatic carboxylic acids is 1. The Kier molecular flexibility index (Phi) is 8.29. The van der Waals surface area contributed by atoms with E-state index in [4.69, 9.17) is 21.1 Å². The molecule has 3 aromatic rings. The predicted octanol–water partition coefficient (Wildman–Crippen LogP) is 6.66. The summed E-state index contributed by atoms with van der Waals surface area (Å²) in [5, 5.41) is 20.8. The lowest BCUT2D eigenvalue weighted by Gasteiger charge is -2.37. The summed E-state index contributed by atoms with van der Waals surface area (Å²) in [6.07, 6.45) is 0.661. The lowest BCUT2D eigenvalue weighted by Crippen LogP contribution is -2.47. The van der Waals surface area contributed by atoms with Gasteiger partial charge in [-0.15, -0.1) is 0 Å². The molecule has 0 fully saturated rings. The van der Waals surface area contributed by atoms with Gasteiger partial charge in [0, 0.05) is 11.1 Å². The molecule has 0 saturated heterocycles. The van der Waals surface area contributed by atoms with E-state index in [-0.39, 0.29) is 18.2 Å². The molecule has 7 nitrogen and oxygen atoms in total. The molecule has 0 aromatic heterocycles. The Morgan fingerprint density at radius 1 is 1.03 bits per heavy atom. The van der Waals surface area contributed by atoms with Crippen LogP contribution in [0.25, 0.3) is 0 Å². The van der Waals surface area contributed by atoms with Gasteiger partial charge < -0.3 is 24.6 Å². The van der Waals surface area contributed by atoms with Crippen molar-refractivity contribution in [3.8, 4) is 11.5 Å². The molecule has 0 unspecified atom stereocenters. The summed E-state index contributed by atoms with van der Waals surface area (Å²) < 4.78 is 11.7. The molecule has 1 aliphatic carbocycles. The van der Waals surface area contributed by atoms with Crippen molar-refractivity contribution in [2.75, 3.05) is 6.54 Å². The van der Waals surface area contributed by atoms with Crippen LogP contribution in [0.3, 0.4) is 0 Å². The van der Waals surface area contributed by atoms with E-state index in [1.165, 1.54) is 12.1 Å². The molecule has 2 atom stereocenters.